The predicted molar refractivity (Wildman–Crippen MR) is 65.0 cm³/mol. The number of nitro benzene ring substituents is 1. The zero-order valence-electron chi connectivity index (χ0n) is 9.52. The monoisotopic (exact) mass is 245 g/mol. The van der Waals surface area contributed by atoms with Crippen molar-refractivity contribution >= 4 is 12.0 Å². The van der Waals surface area contributed by atoms with Gasteiger partial charge < -0.3 is 9.36 Å². The number of hydrogen-bond acceptors (Lipinski definition) is 4. The van der Waals surface area contributed by atoms with Crippen LogP contribution in [0.15, 0.2) is 36.8 Å². The first-order chi connectivity index (χ1) is 8.70. The second-order valence-electron chi connectivity index (χ2n) is 3.76. The quantitative estimate of drug-likeness (QED) is 0.458. The highest BCUT2D eigenvalue weighted by molar-refractivity contribution is 5.61. The van der Waals surface area contributed by atoms with Gasteiger partial charge in [0, 0.05) is 36.9 Å². The molecule has 0 saturated carbocycles. The van der Waals surface area contributed by atoms with Crippen molar-refractivity contribution in [1.29, 1.82) is 0 Å². The molecule has 0 saturated heterocycles. The van der Waals surface area contributed by atoms with Gasteiger partial charge in [0.25, 0.3) is 5.69 Å². The zero-order chi connectivity index (χ0) is 13.0. The number of aryl methyl sites for hydroxylation is 1. The fourth-order valence-corrected chi connectivity index (χ4v) is 1.61. The van der Waals surface area contributed by atoms with Crippen LogP contribution in [-0.2, 0) is 11.3 Å². The maximum Gasteiger partial charge on any atom is 0.270 e. The Morgan fingerprint density at radius 3 is 3.00 bits per heavy atom. The van der Waals surface area contributed by atoms with E-state index in [0.717, 1.165) is 6.29 Å². The van der Waals surface area contributed by atoms with Crippen LogP contribution in [0.25, 0.3) is 11.3 Å². The fourth-order valence-electron chi connectivity index (χ4n) is 1.61. The molecule has 1 heterocycles. The number of imidazole rings is 1. The summed E-state index contributed by atoms with van der Waals surface area (Å²) < 4.78 is 1.78. The Morgan fingerprint density at radius 1 is 1.44 bits per heavy atom. The van der Waals surface area contributed by atoms with Crippen LogP contribution in [0.4, 0.5) is 5.69 Å². The average Bonchev–Trinajstić information content (AvgIpc) is 2.85. The number of nitrogens with zero attached hydrogens (tertiary/aromatic N) is 3. The van der Waals surface area contributed by atoms with Crippen LogP contribution < -0.4 is 0 Å². The molecule has 18 heavy (non-hydrogen) atoms. The first-order valence-corrected chi connectivity index (χ1v) is 5.41. The summed E-state index contributed by atoms with van der Waals surface area (Å²) in [4.78, 5) is 24.7. The molecule has 0 bridgehead atoms. The van der Waals surface area contributed by atoms with Crippen LogP contribution in [0.1, 0.15) is 6.42 Å². The van der Waals surface area contributed by atoms with Crippen molar-refractivity contribution in [1.82, 2.24) is 9.55 Å². The summed E-state index contributed by atoms with van der Waals surface area (Å²) in [5, 5.41) is 10.7. The topological polar surface area (TPSA) is 78.0 Å². The second kappa shape index (κ2) is 5.22. The van der Waals surface area contributed by atoms with E-state index >= 15 is 0 Å². The second-order valence-corrected chi connectivity index (χ2v) is 3.76. The molecule has 6 nitrogen and oxygen atoms in total. The maximum atomic E-state index is 10.7. The van der Waals surface area contributed by atoms with Crippen molar-refractivity contribution in [3.63, 3.8) is 0 Å². The highest BCUT2D eigenvalue weighted by Crippen LogP contribution is 2.22. The number of nitro groups is 1. The Morgan fingerprint density at radius 2 is 2.28 bits per heavy atom. The van der Waals surface area contributed by atoms with E-state index in [4.69, 9.17) is 0 Å². The van der Waals surface area contributed by atoms with E-state index in [1.165, 1.54) is 12.1 Å². The van der Waals surface area contributed by atoms with Crippen molar-refractivity contribution in [2.45, 2.75) is 13.0 Å². The number of rotatable bonds is 5. The van der Waals surface area contributed by atoms with Crippen molar-refractivity contribution < 1.29 is 9.72 Å². The molecule has 0 N–H and O–H groups in total. The number of benzene rings is 1. The molecule has 0 atom stereocenters. The zero-order valence-corrected chi connectivity index (χ0v) is 9.52. The van der Waals surface area contributed by atoms with E-state index in [-0.39, 0.29) is 5.69 Å². The van der Waals surface area contributed by atoms with Gasteiger partial charge in [-0.1, -0.05) is 12.1 Å². The Hall–Kier alpha value is -2.50. The van der Waals surface area contributed by atoms with Gasteiger partial charge in [-0.05, 0) is 0 Å². The van der Waals surface area contributed by atoms with Crippen LogP contribution in [0.5, 0.6) is 0 Å². The van der Waals surface area contributed by atoms with Gasteiger partial charge in [-0.2, -0.15) is 0 Å². The fraction of sp³-hybridized carbons (Fsp3) is 0.167. The molecule has 0 aliphatic carbocycles. The molecular weight excluding hydrogens is 234 g/mol. The van der Waals surface area contributed by atoms with Crippen molar-refractivity contribution in [3.05, 3.63) is 46.9 Å². The number of aromatic nitrogens is 2. The van der Waals surface area contributed by atoms with Gasteiger partial charge in [-0.25, -0.2) is 4.98 Å². The molecule has 0 radical (unpaired) electrons. The highest BCUT2D eigenvalue weighted by Gasteiger charge is 2.08. The van der Waals surface area contributed by atoms with Gasteiger partial charge in [0.1, 0.15) is 6.29 Å². The van der Waals surface area contributed by atoms with Gasteiger partial charge >= 0.3 is 0 Å². The maximum absolute atomic E-state index is 10.7. The summed E-state index contributed by atoms with van der Waals surface area (Å²) in [5.41, 5.74) is 1.38. The number of non-ortho nitro benzene ring substituents is 1. The van der Waals surface area contributed by atoms with E-state index in [0.29, 0.717) is 24.2 Å². The standard InChI is InChI=1S/C12H11N3O3/c16-6-2-5-14-8-12(13-9-14)10-3-1-4-11(7-10)15(17)18/h1,3-4,6-9H,2,5H2. The summed E-state index contributed by atoms with van der Waals surface area (Å²) in [6.45, 7) is 0.561. The molecule has 2 rings (SSSR count). The molecule has 2 aromatic rings. The molecule has 0 fully saturated rings. The molecule has 0 spiro atoms. The summed E-state index contributed by atoms with van der Waals surface area (Å²) in [5.74, 6) is 0. The van der Waals surface area contributed by atoms with Crippen LogP contribution in [-0.4, -0.2) is 20.8 Å². The van der Waals surface area contributed by atoms with Gasteiger partial charge in [-0.15, -0.1) is 0 Å². The molecular formula is C12H11N3O3. The largest absolute Gasteiger partial charge is 0.336 e. The predicted octanol–water partition coefficient (Wildman–Crippen LogP) is 2.05. The first-order valence-electron chi connectivity index (χ1n) is 5.41. The Kier molecular flexibility index (Phi) is 3.47. The summed E-state index contributed by atoms with van der Waals surface area (Å²) in [7, 11) is 0. The van der Waals surface area contributed by atoms with Crippen LogP contribution in [0.2, 0.25) is 0 Å². The minimum atomic E-state index is -0.438. The minimum Gasteiger partial charge on any atom is -0.336 e. The third kappa shape index (κ3) is 2.60. The van der Waals surface area contributed by atoms with Crippen LogP contribution in [0, 0.1) is 10.1 Å². The van der Waals surface area contributed by atoms with Crippen molar-refractivity contribution in [2.24, 2.45) is 0 Å². The van der Waals surface area contributed by atoms with Crippen LogP contribution >= 0.6 is 0 Å². The highest BCUT2D eigenvalue weighted by atomic mass is 16.6. The molecule has 0 unspecified atom stereocenters. The molecule has 0 amide bonds. The lowest BCUT2D eigenvalue weighted by molar-refractivity contribution is -0.384. The van der Waals surface area contributed by atoms with Gasteiger partial charge in [0.2, 0.25) is 0 Å². The summed E-state index contributed by atoms with van der Waals surface area (Å²) in [6, 6.07) is 6.30. The first kappa shape index (κ1) is 12.0. The molecule has 92 valence electrons. The number of aldehydes is 1. The summed E-state index contributed by atoms with van der Waals surface area (Å²) in [6.07, 6.45) is 4.64. The number of hydrogen-bond donors (Lipinski definition) is 0. The number of carbonyl (C=O) groups is 1. The van der Waals surface area contributed by atoms with E-state index in [9.17, 15) is 14.9 Å². The van der Waals surface area contributed by atoms with Crippen molar-refractivity contribution in [3.8, 4) is 11.3 Å². The SMILES string of the molecule is O=CCCn1cnc(-c2cccc([N+](=O)[O-])c2)c1. The lowest BCUT2D eigenvalue weighted by Crippen LogP contribution is -1.94. The third-order valence-corrected chi connectivity index (χ3v) is 2.49. The van der Waals surface area contributed by atoms with Crippen LogP contribution in [0.3, 0.4) is 0 Å². The normalized spacial score (nSPS) is 10.2. The molecule has 0 aliphatic heterocycles. The van der Waals surface area contributed by atoms with Gasteiger partial charge in [0.15, 0.2) is 0 Å². The van der Waals surface area contributed by atoms with Crippen molar-refractivity contribution in [2.75, 3.05) is 0 Å². The lowest BCUT2D eigenvalue weighted by atomic mass is 10.1. The van der Waals surface area contributed by atoms with Gasteiger partial charge in [0.05, 0.1) is 16.9 Å². The Bertz CT molecular complexity index is 577. The third-order valence-electron chi connectivity index (χ3n) is 2.49. The van der Waals surface area contributed by atoms with E-state index < -0.39 is 4.92 Å². The van der Waals surface area contributed by atoms with E-state index in [1.54, 1.807) is 29.2 Å². The number of carbonyl (C=O) groups excluding carboxylic acids is 1. The van der Waals surface area contributed by atoms with E-state index in [1.807, 2.05) is 0 Å². The Labute approximate surface area is 103 Å². The average molecular weight is 245 g/mol. The summed E-state index contributed by atoms with van der Waals surface area (Å²) >= 11 is 0. The minimum absolute atomic E-state index is 0.0370. The molecule has 1 aromatic carbocycles. The smallest absolute Gasteiger partial charge is 0.270 e. The lowest BCUT2D eigenvalue weighted by Gasteiger charge is -1.97. The van der Waals surface area contributed by atoms with E-state index in [2.05, 4.69) is 4.98 Å². The molecule has 0 aliphatic rings. The molecule has 6 heteroatoms. The Balaban J connectivity index is 2.25. The molecule has 1 aromatic heterocycles. The van der Waals surface area contributed by atoms with Gasteiger partial charge in [-0.3, -0.25) is 10.1 Å².